The Labute approximate surface area is 142 Å². The highest BCUT2D eigenvalue weighted by Crippen LogP contribution is 2.33. The monoisotopic (exact) mass is 339 g/mol. The van der Waals surface area contributed by atoms with Crippen LogP contribution < -0.4 is 0 Å². The summed E-state index contributed by atoms with van der Waals surface area (Å²) in [5, 5.41) is 9.31. The molecule has 0 aliphatic heterocycles. The van der Waals surface area contributed by atoms with Gasteiger partial charge >= 0.3 is 6.18 Å². The van der Waals surface area contributed by atoms with Crippen LogP contribution in [0.15, 0.2) is 71.1 Å². The lowest BCUT2D eigenvalue weighted by Crippen LogP contribution is -2.04. The second-order valence-corrected chi connectivity index (χ2v) is 5.32. The van der Waals surface area contributed by atoms with Crippen LogP contribution in [0.5, 0.6) is 0 Å². The minimum Gasteiger partial charge on any atom is -0.457 e. The van der Waals surface area contributed by atoms with E-state index in [0.29, 0.717) is 22.7 Å². The summed E-state index contributed by atoms with van der Waals surface area (Å²) in [6, 6.07) is 19.3. The number of hydrogen-bond donors (Lipinski definition) is 0. The van der Waals surface area contributed by atoms with E-state index in [1.165, 1.54) is 6.07 Å². The van der Waals surface area contributed by atoms with Crippen LogP contribution in [0.2, 0.25) is 0 Å². The average Bonchev–Trinajstić information content (AvgIpc) is 3.08. The molecule has 3 rings (SSSR count). The predicted octanol–water partition coefficient (Wildman–Crippen LogP) is 6.03. The highest BCUT2D eigenvalue weighted by atomic mass is 19.4. The zero-order chi connectivity index (χ0) is 17.9. The third kappa shape index (κ3) is 3.81. The zero-order valence-corrected chi connectivity index (χ0v) is 12.9. The summed E-state index contributed by atoms with van der Waals surface area (Å²) in [5.74, 6) is 0.704. The van der Waals surface area contributed by atoms with Gasteiger partial charge in [-0.15, -0.1) is 0 Å². The molecule has 0 fully saturated rings. The van der Waals surface area contributed by atoms with Gasteiger partial charge in [-0.1, -0.05) is 42.5 Å². The molecule has 0 spiro atoms. The molecule has 0 N–H and O–H groups in total. The third-order valence-corrected chi connectivity index (χ3v) is 3.59. The van der Waals surface area contributed by atoms with Crippen LogP contribution in [-0.2, 0) is 6.18 Å². The van der Waals surface area contributed by atoms with Gasteiger partial charge < -0.3 is 4.42 Å². The van der Waals surface area contributed by atoms with Gasteiger partial charge in [-0.2, -0.15) is 18.4 Å². The van der Waals surface area contributed by atoms with Crippen molar-refractivity contribution < 1.29 is 17.6 Å². The molecular formula is C20H12F3NO. The van der Waals surface area contributed by atoms with Gasteiger partial charge in [0, 0.05) is 5.56 Å². The van der Waals surface area contributed by atoms with Crippen molar-refractivity contribution in [1.29, 1.82) is 5.26 Å². The number of nitrogens with zero attached hydrogens (tertiary/aromatic N) is 1. The molecule has 2 nitrogen and oxygen atoms in total. The molecule has 0 saturated carbocycles. The first-order valence-corrected chi connectivity index (χ1v) is 7.42. The molecular weight excluding hydrogens is 327 g/mol. The van der Waals surface area contributed by atoms with Crippen LogP contribution >= 0.6 is 0 Å². The summed E-state index contributed by atoms with van der Waals surface area (Å²) in [6.45, 7) is 0. The number of nitriles is 1. The third-order valence-electron chi connectivity index (χ3n) is 3.59. The van der Waals surface area contributed by atoms with Gasteiger partial charge in [0.1, 0.15) is 11.5 Å². The van der Waals surface area contributed by atoms with Gasteiger partial charge in [0.15, 0.2) is 0 Å². The molecule has 0 saturated heterocycles. The number of halogens is 3. The standard InChI is InChI=1S/C20H12F3NO/c21-20(22,23)17-8-4-7-15(11-17)19-10-9-18(25-19)12-16(13-24)14-5-2-1-3-6-14/h1-12H/b16-12+. The highest BCUT2D eigenvalue weighted by molar-refractivity contribution is 5.88. The Bertz CT molecular complexity index is 947. The summed E-state index contributed by atoms with van der Waals surface area (Å²) in [7, 11) is 0. The van der Waals surface area contributed by atoms with Crippen molar-refractivity contribution in [3.8, 4) is 17.4 Å². The summed E-state index contributed by atoms with van der Waals surface area (Å²) >= 11 is 0. The van der Waals surface area contributed by atoms with Gasteiger partial charge in [0.25, 0.3) is 0 Å². The number of benzene rings is 2. The zero-order valence-electron chi connectivity index (χ0n) is 12.9. The van der Waals surface area contributed by atoms with Crippen LogP contribution in [0.1, 0.15) is 16.9 Å². The highest BCUT2D eigenvalue weighted by Gasteiger charge is 2.30. The number of alkyl halides is 3. The van der Waals surface area contributed by atoms with Crippen LogP contribution in [0.25, 0.3) is 23.0 Å². The van der Waals surface area contributed by atoms with Crippen LogP contribution in [0.3, 0.4) is 0 Å². The van der Waals surface area contributed by atoms with E-state index >= 15 is 0 Å². The van der Waals surface area contributed by atoms with E-state index in [9.17, 15) is 18.4 Å². The minimum atomic E-state index is -4.41. The molecule has 0 atom stereocenters. The Kier molecular flexibility index (Phi) is 4.44. The molecule has 0 radical (unpaired) electrons. The summed E-state index contributed by atoms with van der Waals surface area (Å²) in [4.78, 5) is 0. The Morgan fingerprint density at radius 3 is 2.40 bits per heavy atom. The van der Waals surface area contributed by atoms with Crippen molar-refractivity contribution in [2.45, 2.75) is 6.18 Å². The normalized spacial score (nSPS) is 12.0. The van der Waals surface area contributed by atoms with E-state index in [0.717, 1.165) is 17.7 Å². The minimum absolute atomic E-state index is 0.308. The van der Waals surface area contributed by atoms with E-state index in [-0.39, 0.29) is 0 Å². The van der Waals surface area contributed by atoms with Crippen molar-refractivity contribution in [3.63, 3.8) is 0 Å². The summed E-state index contributed by atoms with van der Waals surface area (Å²) in [6.07, 6.45) is -2.85. The van der Waals surface area contributed by atoms with Crippen molar-refractivity contribution in [2.75, 3.05) is 0 Å². The second-order valence-electron chi connectivity index (χ2n) is 5.32. The summed E-state index contributed by atoms with van der Waals surface area (Å²) < 4.78 is 44.1. The van der Waals surface area contributed by atoms with Crippen LogP contribution in [0.4, 0.5) is 13.2 Å². The number of hydrogen-bond acceptors (Lipinski definition) is 2. The largest absolute Gasteiger partial charge is 0.457 e. The van der Waals surface area contributed by atoms with Crippen LogP contribution in [-0.4, -0.2) is 0 Å². The molecule has 25 heavy (non-hydrogen) atoms. The van der Waals surface area contributed by atoms with Gasteiger partial charge in [0.2, 0.25) is 0 Å². The van der Waals surface area contributed by atoms with Crippen molar-refractivity contribution in [1.82, 2.24) is 0 Å². The fraction of sp³-hybridized carbons (Fsp3) is 0.0500. The van der Waals surface area contributed by atoms with Crippen molar-refractivity contribution >= 4 is 11.6 Å². The Balaban J connectivity index is 1.93. The molecule has 0 aliphatic carbocycles. The molecule has 1 heterocycles. The van der Waals surface area contributed by atoms with E-state index in [2.05, 4.69) is 6.07 Å². The lowest BCUT2D eigenvalue weighted by molar-refractivity contribution is -0.137. The smallest absolute Gasteiger partial charge is 0.416 e. The van der Waals surface area contributed by atoms with Gasteiger partial charge in [0.05, 0.1) is 17.2 Å². The maximum absolute atomic E-state index is 12.8. The first-order valence-electron chi connectivity index (χ1n) is 7.42. The fourth-order valence-corrected chi connectivity index (χ4v) is 2.37. The molecule has 0 bridgehead atoms. The van der Waals surface area contributed by atoms with Crippen molar-refractivity contribution in [3.05, 3.63) is 83.6 Å². The predicted molar refractivity (Wildman–Crippen MR) is 89.1 cm³/mol. The molecule has 0 unspecified atom stereocenters. The van der Waals surface area contributed by atoms with E-state index in [1.54, 1.807) is 36.4 Å². The van der Waals surface area contributed by atoms with Crippen LogP contribution in [0, 0.1) is 11.3 Å². The lowest BCUT2D eigenvalue weighted by Gasteiger charge is -2.07. The van der Waals surface area contributed by atoms with Gasteiger partial charge in [-0.3, -0.25) is 0 Å². The molecule has 3 aromatic rings. The van der Waals surface area contributed by atoms with E-state index < -0.39 is 11.7 Å². The molecule has 1 aromatic heterocycles. The first-order chi connectivity index (χ1) is 12.0. The number of furan rings is 1. The lowest BCUT2D eigenvalue weighted by atomic mass is 10.1. The Morgan fingerprint density at radius 2 is 1.72 bits per heavy atom. The molecule has 5 heteroatoms. The topological polar surface area (TPSA) is 36.9 Å². The van der Waals surface area contributed by atoms with Crippen molar-refractivity contribution in [2.24, 2.45) is 0 Å². The molecule has 2 aromatic carbocycles. The SMILES string of the molecule is N#C/C(=C\c1ccc(-c2cccc(C(F)(F)F)c2)o1)c1ccccc1. The fourth-order valence-electron chi connectivity index (χ4n) is 2.37. The Hall–Kier alpha value is -3.26. The quantitative estimate of drug-likeness (QED) is 0.546. The molecule has 124 valence electrons. The van der Waals surface area contributed by atoms with Gasteiger partial charge in [-0.05, 0) is 35.9 Å². The second kappa shape index (κ2) is 6.70. The van der Waals surface area contributed by atoms with E-state index in [4.69, 9.17) is 4.42 Å². The first kappa shape index (κ1) is 16.6. The Morgan fingerprint density at radius 1 is 0.960 bits per heavy atom. The summed E-state index contributed by atoms with van der Waals surface area (Å²) in [5.41, 5.74) is 0.737. The van der Waals surface area contributed by atoms with E-state index in [1.807, 2.05) is 18.2 Å². The molecule has 0 amide bonds. The number of rotatable bonds is 3. The van der Waals surface area contributed by atoms with Gasteiger partial charge in [-0.25, -0.2) is 0 Å². The maximum Gasteiger partial charge on any atom is 0.416 e. The average molecular weight is 339 g/mol. The number of allylic oxidation sites excluding steroid dienone is 1. The molecule has 0 aliphatic rings. The maximum atomic E-state index is 12.8.